The van der Waals surface area contributed by atoms with Crippen LogP contribution in [0.2, 0.25) is 0 Å². The van der Waals surface area contributed by atoms with E-state index < -0.39 is 11.7 Å². The van der Waals surface area contributed by atoms with Gasteiger partial charge in [0, 0.05) is 57.8 Å². The molecule has 0 saturated carbocycles. The lowest BCUT2D eigenvalue weighted by Crippen LogP contribution is -2.59. The molecule has 1 aromatic carbocycles. The van der Waals surface area contributed by atoms with E-state index in [1.54, 1.807) is 23.0 Å². The Hall–Kier alpha value is -2.85. The van der Waals surface area contributed by atoms with Crippen molar-refractivity contribution >= 4 is 23.6 Å². The minimum Gasteiger partial charge on any atom is -0.475 e. The zero-order chi connectivity index (χ0) is 27.4. The van der Waals surface area contributed by atoms with Crippen LogP contribution in [0.1, 0.15) is 68.3 Å². The third-order valence-electron chi connectivity index (χ3n) is 7.90. The lowest BCUT2D eigenvalue weighted by molar-refractivity contribution is -0.144. The molecule has 3 amide bonds. The molecule has 4 rings (SSSR count). The summed E-state index contributed by atoms with van der Waals surface area (Å²) in [5.41, 5.74) is 0.932. The molecule has 10 heteroatoms. The molecule has 38 heavy (non-hydrogen) atoms. The molecular weight excluding hydrogens is 490 g/mol. The second-order valence-electron chi connectivity index (χ2n) is 10.8. The predicted molar refractivity (Wildman–Crippen MR) is 142 cm³/mol. The SMILES string of the molecule is COCCCCN1C(=O)C2(CCOCC2)Oc2cc(C)c(C(=O)N(C(C)C)[C@@H]3CCCN(C(=O)O)C3)cc21. The predicted octanol–water partition coefficient (Wildman–Crippen LogP) is 3.69. The molecule has 0 radical (unpaired) electrons. The van der Waals surface area contributed by atoms with Gasteiger partial charge in [-0.1, -0.05) is 0 Å². The van der Waals surface area contributed by atoms with Gasteiger partial charge in [-0.05, 0) is 64.2 Å². The first-order chi connectivity index (χ1) is 18.2. The lowest BCUT2D eigenvalue weighted by Gasteiger charge is -2.45. The van der Waals surface area contributed by atoms with Gasteiger partial charge in [0.05, 0.1) is 24.9 Å². The first kappa shape index (κ1) is 28.2. The normalized spacial score (nSPS) is 20.9. The maximum Gasteiger partial charge on any atom is 0.407 e. The van der Waals surface area contributed by atoms with Crippen LogP contribution in [0.3, 0.4) is 0 Å². The number of carbonyl (C=O) groups excluding carboxylic acids is 2. The Bertz CT molecular complexity index is 1040. The van der Waals surface area contributed by atoms with Crippen LogP contribution in [0.25, 0.3) is 0 Å². The van der Waals surface area contributed by atoms with Crippen molar-refractivity contribution in [2.24, 2.45) is 0 Å². The van der Waals surface area contributed by atoms with E-state index in [0.717, 1.165) is 24.8 Å². The van der Waals surface area contributed by atoms with Crippen LogP contribution < -0.4 is 9.64 Å². The van der Waals surface area contributed by atoms with Gasteiger partial charge in [0.2, 0.25) is 0 Å². The standard InChI is InChI=1S/C28H41N3O7/c1-19(2)31(21-8-7-11-29(18-21)27(34)35)25(32)22-17-23-24(16-20(22)3)38-28(9-14-37-15-10-28)26(33)30(23)12-5-6-13-36-4/h16-17,19,21H,5-15,18H2,1-4H3,(H,34,35)/t21-/m1/s1. The molecule has 0 unspecified atom stereocenters. The molecule has 1 spiro atoms. The van der Waals surface area contributed by atoms with Crippen molar-refractivity contribution in [1.29, 1.82) is 0 Å². The van der Waals surface area contributed by atoms with Gasteiger partial charge < -0.3 is 34.0 Å². The van der Waals surface area contributed by atoms with Crippen molar-refractivity contribution in [2.45, 2.75) is 77.0 Å². The monoisotopic (exact) mass is 531 g/mol. The highest BCUT2D eigenvalue weighted by Gasteiger charge is 2.49. The Balaban J connectivity index is 1.68. The van der Waals surface area contributed by atoms with E-state index >= 15 is 0 Å². The molecule has 3 aliphatic rings. The third kappa shape index (κ3) is 5.61. The van der Waals surface area contributed by atoms with Gasteiger partial charge in [-0.3, -0.25) is 9.59 Å². The Morgan fingerprint density at radius 1 is 1.24 bits per heavy atom. The summed E-state index contributed by atoms with van der Waals surface area (Å²) in [7, 11) is 1.66. The van der Waals surface area contributed by atoms with Gasteiger partial charge in [0.25, 0.3) is 11.8 Å². The molecule has 0 bridgehead atoms. The van der Waals surface area contributed by atoms with E-state index in [9.17, 15) is 19.5 Å². The summed E-state index contributed by atoms with van der Waals surface area (Å²) in [5, 5.41) is 9.53. The molecule has 210 valence electrons. The average molecular weight is 532 g/mol. The van der Waals surface area contributed by atoms with E-state index in [-0.39, 0.29) is 23.9 Å². The molecule has 2 fully saturated rings. The number of hydrogen-bond donors (Lipinski definition) is 1. The number of nitrogens with zero attached hydrogens (tertiary/aromatic N) is 3. The number of aryl methyl sites for hydroxylation is 1. The highest BCUT2D eigenvalue weighted by atomic mass is 16.5. The fourth-order valence-electron chi connectivity index (χ4n) is 5.87. The van der Waals surface area contributed by atoms with Crippen molar-refractivity contribution in [1.82, 2.24) is 9.80 Å². The number of piperidine rings is 1. The van der Waals surface area contributed by atoms with Crippen molar-refractivity contribution in [3.63, 3.8) is 0 Å². The van der Waals surface area contributed by atoms with Crippen molar-refractivity contribution < 1.29 is 33.7 Å². The van der Waals surface area contributed by atoms with E-state index in [1.807, 2.05) is 26.8 Å². The molecule has 10 nitrogen and oxygen atoms in total. The number of likely N-dealkylation sites (tertiary alicyclic amines) is 1. The number of methoxy groups -OCH3 is 1. The zero-order valence-electron chi connectivity index (χ0n) is 23.0. The quantitative estimate of drug-likeness (QED) is 0.510. The van der Waals surface area contributed by atoms with Crippen molar-refractivity contribution in [2.75, 3.05) is 51.5 Å². The van der Waals surface area contributed by atoms with Crippen LogP contribution in [0, 0.1) is 6.92 Å². The molecule has 2 saturated heterocycles. The van der Waals surface area contributed by atoms with Gasteiger partial charge in [0.15, 0.2) is 5.60 Å². The van der Waals surface area contributed by atoms with Crippen LogP contribution in [0.5, 0.6) is 5.75 Å². The maximum atomic E-state index is 14.0. The number of carbonyl (C=O) groups is 3. The van der Waals surface area contributed by atoms with E-state index in [0.29, 0.717) is 75.7 Å². The smallest absolute Gasteiger partial charge is 0.407 e. The van der Waals surface area contributed by atoms with Crippen LogP contribution in [-0.2, 0) is 14.3 Å². The van der Waals surface area contributed by atoms with E-state index in [1.165, 1.54) is 4.90 Å². The number of fused-ring (bicyclic) bond motifs is 1. The summed E-state index contributed by atoms with van der Waals surface area (Å²) in [6.07, 6.45) is 3.04. The number of rotatable bonds is 8. The second-order valence-corrected chi connectivity index (χ2v) is 10.8. The van der Waals surface area contributed by atoms with Crippen LogP contribution in [0.4, 0.5) is 10.5 Å². The number of hydrogen-bond acceptors (Lipinski definition) is 6. The largest absolute Gasteiger partial charge is 0.475 e. The fraction of sp³-hybridized carbons (Fsp3) is 0.679. The Kier molecular flexibility index (Phi) is 8.82. The minimum atomic E-state index is -0.961. The molecule has 3 aliphatic heterocycles. The first-order valence-electron chi connectivity index (χ1n) is 13.7. The van der Waals surface area contributed by atoms with Crippen LogP contribution in [-0.4, -0.2) is 97.1 Å². The molecular formula is C28H41N3O7. The summed E-state index contributed by atoms with van der Waals surface area (Å²) >= 11 is 0. The number of unbranched alkanes of at least 4 members (excludes halogenated alkanes) is 1. The number of carboxylic acid groups (broad SMARTS) is 1. The Labute approximate surface area is 224 Å². The molecule has 3 heterocycles. The number of amides is 3. The van der Waals surface area contributed by atoms with Gasteiger partial charge >= 0.3 is 6.09 Å². The summed E-state index contributed by atoms with van der Waals surface area (Å²) in [4.78, 5) is 44.5. The van der Waals surface area contributed by atoms with Gasteiger partial charge in [-0.25, -0.2) is 4.79 Å². The van der Waals surface area contributed by atoms with Crippen molar-refractivity contribution in [3.8, 4) is 5.75 Å². The maximum absolute atomic E-state index is 14.0. The summed E-state index contributed by atoms with van der Waals surface area (Å²) in [5.74, 6) is 0.367. The van der Waals surface area contributed by atoms with Gasteiger partial charge in [-0.2, -0.15) is 0 Å². The topological polar surface area (TPSA) is 109 Å². The van der Waals surface area contributed by atoms with E-state index in [2.05, 4.69) is 0 Å². The Morgan fingerprint density at radius 3 is 2.63 bits per heavy atom. The van der Waals surface area contributed by atoms with Crippen LogP contribution in [0.15, 0.2) is 12.1 Å². The molecule has 1 N–H and O–H groups in total. The van der Waals surface area contributed by atoms with Gasteiger partial charge in [0.1, 0.15) is 5.75 Å². The lowest BCUT2D eigenvalue weighted by atomic mass is 9.89. The van der Waals surface area contributed by atoms with Crippen LogP contribution >= 0.6 is 0 Å². The minimum absolute atomic E-state index is 0.0851. The number of anilines is 1. The highest BCUT2D eigenvalue weighted by Crippen LogP contribution is 2.43. The summed E-state index contributed by atoms with van der Waals surface area (Å²) in [6.45, 7) is 8.61. The molecule has 0 aromatic heterocycles. The second kappa shape index (κ2) is 11.9. The first-order valence-corrected chi connectivity index (χ1v) is 13.7. The van der Waals surface area contributed by atoms with Crippen molar-refractivity contribution in [3.05, 3.63) is 23.3 Å². The number of ether oxygens (including phenoxy) is 3. The molecule has 1 atom stereocenters. The molecule has 1 aromatic rings. The fourth-order valence-corrected chi connectivity index (χ4v) is 5.87. The summed E-state index contributed by atoms with van der Waals surface area (Å²) in [6, 6.07) is 3.33. The third-order valence-corrected chi connectivity index (χ3v) is 7.90. The van der Waals surface area contributed by atoms with E-state index in [4.69, 9.17) is 14.2 Å². The molecule has 0 aliphatic carbocycles. The Morgan fingerprint density at radius 2 is 1.97 bits per heavy atom. The highest BCUT2D eigenvalue weighted by molar-refractivity contribution is 6.05. The number of benzene rings is 1. The van der Waals surface area contributed by atoms with Gasteiger partial charge in [-0.15, -0.1) is 0 Å². The summed E-state index contributed by atoms with van der Waals surface area (Å²) < 4.78 is 17.1. The average Bonchev–Trinajstić information content (AvgIpc) is 2.89. The zero-order valence-corrected chi connectivity index (χ0v) is 23.0.